The molecule has 38 heavy (non-hydrogen) atoms. The van der Waals surface area contributed by atoms with Crippen LogP contribution in [0.25, 0.3) is 0 Å². The molecule has 1 atom stereocenters. The van der Waals surface area contributed by atoms with Gasteiger partial charge in [0.05, 0.1) is 17.4 Å². The highest BCUT2D eigenvalue weighted by Crippen LogP contribution is 2.41. The summed E-state index contributed by atoms with van der Waals surface area (Å²) in [5, 5.41) is 10.5. The summed E-state index contributed by atoms with van der Waals surface area (Å²) in [5.74, 6) is -2.90. The molecule has 0 amide bonds. The largest absolute Gasteiger partial charge is 0.481 e. The van der Waals surface area contributed by atoms with Gasteiger partial charge in [0, 0.05) is 5.92 Å². The minimum atomic E-state index is -4.27. The van der Waals surface area contributed by atoms with E-state index < -0.39 is 27.9 Å². The first-order valence-electron chi connectivity index (χ1n) is 12.1. The van der Waals surface area contributed by atoms with Crippen molar-refractivity contribution in [3.05, 3.63) is 136 Å². The predicted molar refractivity (Wildman–Crippen MR) is 149 cm³/mol. The fourth-order valence-electron chi connectivity index (χ4n) is 4.85. The third kappa shape index (κ3) is 6.55. The second-order valence-corrected chi connectivity index (χ2v) is 11.0. The summed E-state index contributed by atoms with van der Waals surface area (Å²) in [7, 11) is -4.27. The lowest BCUT2D eigenvalue weighted by atomic mass is 9.77. The molecular formula is C31H33NO5S. The third-order valence-corrected chi connectivity index (χ3v) is 7.69. The SMILES string of the molecule is Cc1cc(C)cc(COS(=O)(=O)c2ccc(C)cc2C(C(=O)O)C(c2ccccc2)c2ccccc2)c1.N. The van der Waals surface area contributed by atoms with Crippen molar-refractivity contribution in [1.82, 2.24) is 6.15 Å². The van der Waals surface area contributed by atoms with Crippen molar-refractivity contribution in [1.29, 1.82) is 0 Å². The van der Waals surface area contributed by atoms with E-state index in [0.29, 0.717) is 0 Å². The summed E-state index contributed by atoms with van der Waals surface area (Å²) >= 11 is 0. The van der Waals surface area contributed by atoms with Gasteiger partial charge >= 0.3 is 5.97 Å². The fraction of sp³-hybridized carbons (Fsp3) is 0.194. The number of hydrogen-bond donors (Lipinski definition) is 2. The molecule has 4 aromatic rings. The normalized spacial score (nSPS) is 12.1. The molecule has 0 aliphatic rings. The Morgan fingerprint density at radius 3 is 1.79 bits per heavy atom. The van der Waals surface area contributed by atoms with Crippen molar-refractivity contribution in [2.45, 2.75) is 44.1 Å². The maximum Gasteiger partial charge on any atom is 0.311 e. The maximum atomic E-state index is 13.5. The Morgan fingerprint density at radius 1 is 0.763 bits per heavy atom. The lowest BCUT2D eigenvalue weighted by Gasteiger charge is -2.27. The van der Waals surface area contributed by atoms with Gasteiger partial charge in [-0.1, -0.05) is 108 Å². The first-order valence-corrected chi connectivity index (χ1v) is 13.5. The van der Waals surface area contributed by atoms with Gasteiger partial charge in [-0.25, -0.2) is 0 Å². The van der Waals surface area contributed by atoms with Crippen LogP contribution in [0.15, 0.2) is 102 Å². The van der Waals surface area contributed by atoms with Gasteiger partial charge in [0.2, 0.25) is 0 Å². The zero-order valence-corrected chi connectivity index (χ0v) is 22.6. The molecule has 4 rings (SSSR count). The number of carboxylic acids is 1. The summed E-state index contributed by atoms with van der Waals surface area (Å²) in [6.07, 6.45) is 0. The summed E-state index contributed by atoms with van der Waals surface area (Å²) in [5.41, 5.74) is 5.26. The van der Waals surface area contributed by atoms with Gasteiger partial charge in [0.15, 0.2) is 0 Å². The summed E-state index contributed by atoms with van der Waals surface area (Å²) in [6, 6.07) is 29.1. The molecular weight excluding hydrogens is 498 g/mol. The number of aryl methyl sites for hydroxylation is 3. The van der Waals surface area contributed by atoms with Crippen LogP contribution in [0.3, 0.4) is 0 Å². The summed E-state index contributed by atoms with van der Waals surface area (Å²) < 4.78 is 32.5. The van der Waals surface area contributed by atoms with Crippen LogP contribution in [-0.4, -0.2) is 19.5 Å². The van der Waals surface area contributed by atoms with Crippen molar-refractivity contribution in [3.63, 3.8) is 0 Å². The Kier molecular flexibility index (Phi) is 9.22. The van der Waals surface area contributed by atoms with Gasteiger partial charge in [0.1, 0.15) is 0 Å². The Labute approximate surface area is 224 Å². The quantitative estimate of drug-likeness (QED) is 0.233. The van der Waals surface area contributed by atoms with Crippen LogP contribution in [0.1, 0.15) is 50.8 Å². The first kappa shape index (κ1) is 28.8. The average molecular weight is 532 g/mol. The van der Waals surface area contributed by atoms with Gasteiger partial charge in [-0.15, -0.1) is 0 Å². The minimum absolute atomic E-state index is 0. The summed E-state index contributed by atoms with van der Waals surface area (Å²) in [4.78, 5) is 12.8. The molecule has 0 fully saturated rings. The molecule has 0 saturated heterocycles. The average Bonchev–Trinajstić information content (AvgIpc) is 2.86. The smallest absolute Gasteiger partial charge is 0.311 e. The van der Waals surface area contributed by atoms with Crippen LogP contribution < -0.4 is 6.15 Å². The van der Waals surface area contributed by atoms with E-state index in [2.05, 4.69) is 0 Å². The van der Waals surface area contributed by atoms with Crippen molar-refractivity contribution in [2.75, 3.05) is 0 Å². The molecule has 7 heteroatoms. The van der Waals surface area contributed by atoms with E-state index >= 15 is 0 Å². The van der Waals surface area contributed by atoms with Crippen LogP contribution in [0.5, 0.6) is 0 Å². The van der Waals surface area contributed by atoms with Gasteiger partial charge in [-0.2, -0.15) is 8.42 Å². The molecule has 0 aliphatic carbocycles. The van der Waals surface area contributed by atoms with E-state index in [-0.39, 0.29) is 23.2 Å². The molecule has 0 heterocycles. The topological polar surface area (TPSA) is 116 Å². The Hall–Kier alpha value is -3.78. The second kappa shape index (κ2) is 12.2. The molecule has 6 nitrogen and oxygen atoms in total. The third-order valence-electron chi connectivity index (χ3n) is 6.35. The number of carbonyl (C=O) groups is 1. The van der Waals surface area contributed by atoms with E-state index in [1.54, 1.807) is 12.1 Å². The van der Waals surface area contributed by atoms with E-state index in [1.807, 2.05) is 99.6 Å². The second-order valence-electron chi connectivity index (χ2n) is 9.37. The van der Waals surface area contributed by atoms with Gasteiger partial charge in [-0.05, 0) is 49.1 Å². The highest BCUT2D eigenvalue weighted by molar-refractivity contribution is 7.86. The number of carboxylic acid groups (broad SMARTS) is 1. The fourth-order valence-corrected chi connectivity index (χ4v) is 5.98. The van der Waals surface area contributed by atoms with Crippen LogP contribution in [0.4, 0.5) is 0 Å². The highest BCUT2D eigenvalue weighted by Gasteiger charge is 2.36. The zero-order valence-electron chi connectivity index (χ0n) is 21.8. The Bertz CT molecular complexity index is 1440. The monoisotopic (exact) mass is 531 g/mol. The van der Waals surface area contributed by atoms with E-state index in [1.165, 1.54) is 6.07 Å². The van der Waals surface area contributed by atoms with Crippen molar-refractivity contribution in [3.8, 4) is 0 Å². The standard InChI is InChI=1S/C31H30O5S.H3N/c1-21-14-15-28(37(34,35)36-20-24-17-22(2)16-23(3)18-24)27(19-21)30(31(32)33)29(25-10-6-4-7-11-25)26-12-8-5-9-13-26;/h4-19,29-30H,20H2,1-3H3,(H,32,33);1H3. The molecule has 0 spiro atoms. The van der Waals surface area contributed by atoms with Crippen molar-refractivity contribution < 1.29 is 22.5 Å². The van der Waals surface area contributed by atoms with Crippen LogP contribution in [0.2, 0.25) is 0 Å². The van der Waals surface area contributed by atoms with Gasteiger partial charge in [0.25, 0.3) is 10.1 Å². The molecule has 1 unspecified atom stereocenters. The number of benzene rings is 4. The molecule has 4 aromatic carbocycles. The first-order chi connectivity index (χ1) is 17.7. The van der Waals surface area contributed by atoms with Crippen LogP contribution >= 0.6 is 0 Å². The molecule has 0 bridgehead atoms. The van der Waals surface area contributed by atoms with Crippen molar-refractivity contribution >= 4 is 16.1 Å². The number of rotatable bonds is 9. The molecule has 0 aromatic heterocycles. The Balaban J connectivity index is 0.00000400. The van der Waals surface area contributed by atoms with Crippen molar-refractivity contribution in [2.24, 2.45) is 0 Å². The predicted octanol–water partition coefficient (Wildman–Crippen LogP) is 6.68. The van der Waals surface area contributed by atoms with Crippen LogP contribution in [0, 0.1) is 20.8 Å². The minimum Gasteiger partial charge on any atom is -0.481 e. The number of aliphatic carboxylic acids is 1. The number of hydrogen-bond acceptors (Lipinski definition) is 5. The Morgan fingerprint density at radius 2 is 1.29 bits per heavy atom. The molecule has 4 N–H and O–H groups in total. The van der Waals surface area contributed by atoms with E-state index in [0.717, 1.165) is 33.4 Å². The zero-order chi connectivity index (χ0) is 26.6. The molecule has 0 saturated carbocycles. The molecule has 198 valence electrons. The molecule has 0 aliphatic heterocycles. The highest BCUT2D eigenvalue weighted by atomic mass is 32.2. The van der Waals surface area contributed by atoms with Gasteiger partial charge < -0.3 is 11.3 Å². The van der Waals surface area contributed by atoms with E-state index in [9.17, 15) is 18.3 Å². The van der Waals surface area contributed by atoms with Crippen LogP contribution in [-0.2, 0) is 25.7 Å². The van der Waals surface area contributed by atoms with E-state index in [4.69, 9.17) is 4.18 Å². The van der Waals surface area contributed by atoms with Gasteiger partial charge in [-0.3, -0.25) is 8.98 Å². The lowest BCUT2D eigenvalue weighted by Crippen LogP contribution is -2.24. The summed E-state index contributed by atoms with van der Waals surface area (Å²) in [6.45, 7) is 5.55. The molecule has 0 radical (unpaired) electrons. The maximum absolute atomic E-state index is 13.5. The lowest BCUT2D eigenvalue weighted by molar-refractivity contribution is -0.139.